The Balaban J connectivity index is 1.53. The van der Waals surface area contributed by atoms with Gasteiger partial charge in [-0.05, 0) is 12.1 Å². The molecular formula is C18H21N3O3S. The smallest absolute Gasteiger partial charge is 0.253 e. The van der Waals surface area contributed by atoms with E-state index in [-0.39, 0.29) is 12.5 Å². The lowest BCUT2D eigenvalue weighted by Crippen LogP contribution is -2.60. The molecule has 1 amide bonds. The molecule has 2 saturated heterocycles. The van der Waals surface area contributed by atoms with Crippen molar-refractivity contribution in [2.75, 3.05) is 44.4 Å². The number of carbonyl (C=O) groups is 1. The van der Waals surface area contributed by atoms with E-state index in [9.17, 15) is 4.79 Å². The van der Waals surface area contributed by atoms with Crippen molar-refractivity contribution >= 4 is 22.9 Å². The Morgan fingerprint density at radius 1 is 1.24 bits per heavy atom. The maximum atomic E-state index is 12.4. The first kappa shape index (κ1) is 16.7. The normalized spacial score (nSPS) is 25.3. The third kappa shape index (κ3) is 3.74. The number of rotatable bonds is 3. The minimum atomic E-state index is -0.502. The minimum absolute atomic E-state index is 0.00690. The number of anilines is 1. The van der Waals surface area contributed by atoms with Crippen molar-refractivity contribution in [3.8, 4) is 0 Å². The number of hydrogen-bond acceptors (Lipinski definition) is 6. The van der Waals surface area contributed by atoms with Gasteiger partial charge in [0.2, 0.25) is 0 Å². The van der Waals surface area contributed by atoms with Crippen molar-refractivity contribution in [1.29, 1.82) is 0 Å². The number of para-hydroxylation sites is 1. The summed E-state index contributed by atoms with van der Waals surface area (Å²) in [5.41, 5.74) is 0.406. The lowest BCUT2D eigenvalue weighted by Gasteiger charge is -2.43. The molecule has 0 radical (unpaired) electrons. The van der Waals surface area contributed by atoms with Crippen LogP contribution < -0.4 is 4.90 Å². The van der Waals surface area contributed by atoms with E-state index in [1.54, 1.807) is 11.3 Å². The molecule has 0 saturated carbocycles. The fraction of sp³-hybridized carbons (Fsp3) is 0.444. The zero-order valence-electron chi connectivity index (χ0n) is 14.0. The van der Waals surface area contributed by atoms with Gasteiger partial charge in [0.25, 0.3) is 5.91 Å². The van der Waals surface area contributed by atoms with E-state index in [1.165, 1.54) is 0 Å². The van der Waals surface area contributed by atoms with Gasteiger partial charge in [0, 0.05) is 30.4 Å². The maximum absolute atomic E-state index is 12.4. The summed E-state index contributed by atoms with van der Waals surface area (Å²) in [6, 6.07) is 9.77. The molecule has 2 aliphatic heterocycles. The number of nitrogens with zero attached hydrogens (tertiary/aromatic N) is 3. The van der Waals surface area contributed by atoms with Gasteiger partial charge in [-0.3, -0.25) is 9.69 Å². The second-order valence-corrected chi connectivity index (χ2v) is 7.46. The molecule has 2 fully saturated rings. The minimum Gasteiger partial charge on any atom is -0.377 e. The van der Waals surface area contributed by atoms with Gasteiger partial charge in [-0.1, -0.05) is 18.2 Å². The average molecular weight is 359 g/mol. The highest BCUT2D eigenvalue weighted by Crippen LogP contribution is 2.27. The van der Waals surface area contributed by atoms with Crippen LogP contribution in [0.1, 0.15) is 5.01 Å². The number of hydrogen-bond donors (Lipinski definition) is 0. The number of aromatic nitrogens is 1. The van der Waals surface area contributed by atoms with Crippen LogP contribution in [0.5, 0.6) is 0 Å². The van der Waals surface area contributed by atoms with Crippen molar-refractivity contribution in [3.63, 3.8) is 0 Å². The molecule has 3 heterocycles. The highest BCUT2D eigenvalue weighted by atomic mass is 32.1. The Kier molecular flexibility index (Phi) is 4.80. The zero-order chi connectivity index (χ0) is 17.1. The fourth-order valence-corrected chi connectivity index (χ4v) is 4.04. The van der Waals surface area contributed by atoms with Gasteiger partial charge < -0.3 is 14.4 Å². The summed E-state index contributed by atoms with van der Waals surface area (Å²) in [6.45, 7) is 4.10. The fourth-order valence-electron chi connectivity index (χ4n) is 3.38. The predicted octanol–water partition coefficient (Wildman–Crippen LogP) is 1.78. The van der Waals surface area contributed by atoms with Crippen LogP contribution in [0, 0.1) is 0 Å². The SMILES string of the molecule is O=C1COC2(COCCN(Cc3nccs3)C2)CN1c1ccccc1. The summed E-state index contributed by atoms with van der Waals surface area (Å²) in [5.74, 6) is -0.00690. The zero-order valence-corrected chi connectivity index (χ0v) is 14.8. The molecule has 0 N–H and O–H groups in total. The number of benzene rings is 1. The lowest BCUT2D eigenvalue weighted by molar-refractivity contribution is -0.146. The van der Waals surface area contributed by atoms with Gasteiger partial charge in [-0.15, -0.1) is 11.3 Å². The van der Waals surface area contributed by atoms with Gasteiger partial charge in [-0.2, -0.15) is 0 Å². The quantitative estimate of drug-likeness (QED) is 0.836. The Labute approximate surface area is 151 Å². The molecule has 1 atom stereocenters. The molecule has 0 bridgehead atoms. The van der Waals surface area contributed by atoms with Crippen molar-refractivity contribution in [3.05, 3.63) is 46.9 Å². The van der Waals surface area contributed by atoms with Crippen LogP contribution in [-0.4, -0.2) is 60.8 Å². The molecular weight excluding hydrogens is 338 g/mol. The summed E-state index contributed by atoms with van der Waals surface area (Å²) in [7, 11) is 0. The van der Waals surface area contributed by atoms with Crippen molar-refractivity contribution in [1.82, 2.24) is 9.88 Å². The average Bonchev–Trinajstić information content (AvgIpc) is 3.07. The first-order valence-electron chi connectivity index (χ1n) is 8.42. The molecule has 132 valence electrons. The van der Waals surface area contributed by atoms with Crippen LogP contribution >= 0.6 is 11.3 Å². The summed E-state index contributed by atoms with van der Waals surface area (Å²) in [4.78, 5) is 20.9. The van der Waals surface area contributed by atoms with E-state index in [4.69, 9.17) is 9.47 Å². The van der Waals surface area contributed by atoms with Crippen LogP contribution in [0.4, 0.5) is 5.69 Å². The second-order valence-electron chi connectivity index (χ2n) is 6.48. The van der Waals surface area contributed by atoms with Crippen LogP contribution in [0.2, 0.25) is 0 Å². The number of amides is 1. The molecule has 1 spiro atoms. The monoisotopic (exact) mass is 359 g/mol. The topological polar surface area (TPSA) is 54.9 Å². The molecule has 4 rings (SSSR count). The number of ether oxygens (including phenoxy) is 2. The molecule has 2 aromatic rings. The lowest BCUT2D eigenvalue weighted by atomic mass is 10.0. The van der Waals surface area contributed by atoms with Crippen molar-refractivity contribution in [2.24, 2.45) is 0 Å². The van der Waals surface area contributed by atoms with E-state index >= 15 is 0 Å². The highest BCUT2D eigenvalue weighted by Gasteiger charge is 2.43. The van der Waals surface area contributed by atoms with Crippen LogP contribution in [0.25, 0.3) is 0 Å². The van der Waals surface area contributed by atoms with Gasteiger partial charge in [-0.25, -0.2) is 4.98 Å². The number of morpholine rings is 1. The highest BCUT2D eigenvalue weighted by molar-refractivity contribution is 7.09. The van der Waals surface area contributed by atoms with Crippen molar-refractivity contribution < 1.29 is 14.3 Å². The molecule has 2 aliphatic rings. The van der Waals surface area contributed by atoms with Crippen LogP contribution in [0.3, 0.4) is 0 Å². The van der Waals surface area contributed by atoms with Gasteiger partial charge in [0.05, 0.1) is 26.3 Å². The first-order chi connectivity index (χ1) is 12.2. The summed E-state index contributed by atoms with van der Waals surface area (Å²) >= 11 is 1.66. The maximum Gasteiger partial charge on any atom is 0.253 e. The van der Waals surface area contributed by atoms with Crippen LogP contribution in [0.15, 0.2) is 41.9 Å². The Morgan fingerprint density at radius 3 is 2.92 bits per heavy atom. The largest absolute Gasteiger partial charge is 0.377 e. The summed E-state index contributed by atoms with van der Waals surface area (Å²) in [6.07, 6.45) is 1.83. The molecule has 1 aromatic carbocycles. The Morgan fingerprint density at radius 2 is 2.12 bits per heavy atom. The van der Waals surface area contributed by atoms with E-state index in [2.05, 4.69) is 9.88 Å². The van der Waals surface area contributed by atoms with Gasteiger partial charge in [0.1, 0.15) is 17.2 Å². The second kappa shape index (κ2) is 7.21. The molecule has 1 aromatic heterocycles. The molecule has 6 nitrogen and oxygen atoms in total. The van der Waals surface area contributed by atoms with Crippen molar-refractivity contribution in [2.45, 2.75) is 12.1 Å². The Hall–Kier alpha value is -1.80. The van der Waals surface area contributed by atoms with Crippen LogP contribution in [-0.2, 0) is 20.8 Å². The first-order valence-corrected chi connectivity index (χ1v) is 9.30. The van der Waals surface area contributed by atoms with Gasteiger partial charge >= 0.3 is 0 Å². The molecule has 25 heavy (non-hydrogen) atoms. The van der Waals surface area contributed by atoms with E-state index in [0.29, 0.717) is 19.8 Å². The number of thiazole rings is 1. The van der Waals surface area contributed by atoms with E-state index in [1.807, 2.05) is 46.8 Å². The standard InChI is InChI=1S/C18H21N3O3S/c22-17-11-24-18(13-21(17)15-4-2-1-3-5-15)12-20(7-8-23-14-18)10-16-19-6-9-25-16/h1-6,9H,7-8,10-14H2. The third-order valence-electron chi connectivity index (χ3n) is 4.59. The van der Waals surface area contributed by atoms with E-state index in [0.717, 1.165) is 30.3 Å². The van der Waals surface area contributed by atoms with E-state index < -0.39 is 5.60 Å². The Bertz CT molecular complexity index is 710. The number of carbonyl (C=O) groups excluding carboxylic acids is 1. The molecule has 1 unspecified atom stereocenters. The third-order valence-corrected chi connectivity index (χ3v) is 5.35. The van der Waals surface area contributed by atoms with Gasteiger partial charge in [0.15, 0.2) is 0 Å². The molecule has 7 heteroatoms. The predicted molar refractivity (Wildman–Crippen MR) is 95.7 cm³/mol. The molecule has 0 aliphatic carbocycles. The summed E-state index contributed by atoms with van der Waals surface area (Å²) in [5, 5.41) is 3.08. The summed E-state index contributed by atoms with van der Waals surface area (Å²) < 4.78 is 11.9.